The van der Waals surface area contributed by atoms with Gasteiger partial charge in [0.1, 0.15) is 5.56 Å². The molecule has 1 amide bonds. The highest BCUT2D eigenvalue weighted by atomic mass is 16.6. The Bertz CT molecular complexity index is 444. The zero-order chi connectivity index (χ0) is 13.1. The van der Waals surface area contributed by atoms with Crippen LogP contribution < -0.4 is 5.32 Å². The summed E-state index contributed by atoms with van der Waals surface area (Å²) in [4.78, 5) is 21.4. The van der Waals surface area contributed by atoms with Gasteiger partial charge in [0, 0.05) is 6.07 Å². The molecule has 0 fully saturated rings. The molecule has 0 unspecified atom stereocenters. The minimum atomic E-state index is -3.66. The predicted molar refractivity (Wildman–Crippen MR) is 57.8 cm³/mol. The van der Waals surface area contributed by atoms with Crippen LogP contribution in [0.2, 0.25) is 0 Å². The Kier molecular flexibility index (Phi) is 3.79. The Morgan fingerprint density at radius 2 is 1.94 bits per heavy atom. The fraction of sp³-hybridized carbons (Fsp3) is 0.125. The van der Waals surface area contributed by atoms with E-state index in [1.165, 1.54) is 18.2 Å². The summed E-state index contributed by atoms with van der Waals surface area (Å²) in [6.45, 7) is -3.66. The van der Waals surface area contributed by atoms with Crippen molar-refractivity contribution < 1.29 is 24.8 Å². The molecule has 17 heavy (non-hydrogen) atoms. The third kappa shape index (κ3) is 3.83. The average molecular weight is 241 g/mol. The normalized spacial score (nSPS) is 11.0. The lowest BCUT2D eigenvalue weighted by Crippen LogP contribution is -2.48. The molecule has 92 valence electrons. The number of nitro groups is 1. The monoisotopic (exact) mass is 241 g/mol. The SMILES string of the molecule is O=C(NC[B-](O)(O)O)c1ccccc1[N+](=O)[O-]. The summed E-state index contributed by atoms with van der Waals surface area (Å²) in [6, 6.07) is 5.18. The van der Waals surface area contributed by atoms with Crippen molar-refractivity contribution in [1.29, 1.82) is 0 Å². The Hall–Kier alpha value is -1.97. The molecule has 9 heteroatoms. The van der Waals surface area contributed by atoms with Gasteiger partial charge in [0.05, 0.1) is 4.92 Å². The smallest absolute Gasteiger partial charge is 0.390 e. The maximum absolute atomic E-state index is 11.5. The third-order valence-corrected chi connectivity index (χ3v) is 1.88. The summed E-state index contributed by atoms with van der Waals surface area (Å²) in [5.74, 6) is -0.874. The van der Waals surface area contributed by atoms with Gasteiger partial charge in [-0.1, -0.05) is 12.1 Å². The minimum absolute atomic E-state index is 0.224. The molecule has 0 bridgehead atoms. The number of nitrogens with zero attached hydrogens (tertiary/aromatic N) is 1. The van der Waals surface area contributed by atoms with Gasteiger partial charge in [-0.15, -0.1) is 0 Å². The van der Waals surface area contributed by atoms with E-state index in [0.717, 1.165) is 6.07 Å². The molecule has 0 heterocycles. The van der Waals surface area contributed by atoms with Crippen molar-refractivity contribution in [2.75, 3.05) is 6.44 Å². The summed E-state index contributed by atoms with van der Waals surface area (Å²) < 4.78 is 0. The van der Waals surface area contributed by atoms with Crippen LogP contribution in [0.15, 0.2) is 24.3 Å². The number of carbonyl (C=O) groups excluding carboxylic acids is 1. The third-order valence-electron chi connectivity index (χ3n) is 1.88. The summed E-state index contributed by atoms with van der Waals surface area (Å²) in [6.07, 6.45) is -0.801. The first-order valence-corrected chi connectivity index (χ1v) is 4.66. The van der Waals surface area contributed by atoms with Gasteiger partial charge in [-0.05, 0) is 12.5 Å². The van der Waals surface area contributed by atoms with Gasteiger partial charge < -0.3 is 20.4 Å². The van der Waals surface area contributed by atoms with Gasteiger partial charge in [-0.3, -0.25) is 14.9 Å². The second-order valence-corrected chi connectivity index (χ2v) is 3.38. The molecule has 1 rings (SSSR count). The fourth-order valence-electron chi connectivity index (χ4n) is 1.15. The van der Waals surface area contributed by atoms with E-state index in [1.54, 1.807) is 0 Å². The van der Waals surface area contributed by atoms with E-state index in [-0.39, 0.29) is 5.56 Å². The first-order valence-electron chi connectivity index (χ1n) is 4.66. The number of para-hydroxylation sites is 1. The predicted octanol–water partition coefficient (Wildman–Crippen LogP) is -1.22. The molecule has 0 saturated carbocycles. The van der Waals surface area contributed by atoms with E-state index in [9.17, 15) is 14.9 Å². The molecule has 0 atom stereocenters. The van der Waals surface area contributed by atoms with Gasteiger partial charge in [-0.2, -0.15) is 0 Å². The Morgan fingerprint density at radius 1 is 1.35 bits per heavy atom. The van der Waals surface area contributed by atoms with Crippen molar-refractivity contribution in [2.45, 2.75) is 0 Å². The van der Waals surface area contributed by atoms with E-state index < -0.39 is 29.7 Å². The zero-order valence-electron chi connectivity index (χ0n) is 8.61. The van der Waals surface area contributed by atoms with Crippen molar-refractivity contribution in [3.05, 3.63) is 39.9 Å². The number of carbonyl (C=O) groups is 1. The molecule has 0 radical (unpaired) electrons. The molecule has 1 aromatic carbocycles. The van der Waals surface area contributed by atoms with Crippen LogP contribution in [-0.2, 0) is 0 Å². The van der Waals surface area contributed by atoms with Crippen LogP contribution in [0.25, 0.3) is 0 Å². The largest absolute Gasteiger partial charge is 0.559 e. The van der Waals surface area contributed by atoms with E-state index >= 15 is 0 Å². The van der Waals surface area contributed by atoms with E-state index in [4.69, 9.17) is 15.1 Å². The van der Waals surface area contributed by atoms with Crippen molar-refractivity contribution >= 4 is 18.3 Å². The van der Waals surface area contributed by atoms with E-state index in [0.29, 0.717) is 0 Å². The molecular weight excluding hydrogens is 231 g/mol. The Balaban J connectivity index is 2.86. The summed E-state index contributed by atoms with van der Waals surface area (Å²) in [5.41, 5.74) is -0.630. The molecule has 0 saturated heterocycles. The molecule has 4 N–H and O–H groups in total. The van der Waals surface area contributed by atoms with Crippen LogP contribution in [0.1, 0.15) is 10.4 Å². The summed E-state index contributed by atoms with van der Waals surface area (Å²) in [7, 11) is 0. The van der Waals surface area contributed by atoms with Gasteiger partial charge in [0.25, 0.3) is 11.6 Å². The second kappa shape index (κ2) is 4.91. The van der Waals surface area contributed by atoms with Crippen molar-refractivity contribution in [3.63, 3.8) is 0 Å². The first kappa shape index (κ1) is 13.1. The fourth-order valence-corrected chi connectivity index (χ4v) is 1.15. The highest BCUT2D eigenvalue weighted by Gasteiger charge is 2.21. The molecule has 0 aliphatic heterocycles. The lowest BCUT2D eigenvalue weighted by molar-refractivity contribution is -0.385. The lowest BCUT2D eigenvalue weighted by atomic mass is 9.81. The van der Waals surface area contributed by atoms with Gasteiger partial charge in [0.2, 0.25) is 0 Å². The highest BCUT2D eigenvalue weighted by molar-refractivity contribution is 6.56. The standard InChI is InChI=1S/C8H10BN2O6/c12-8(10-5-9(13,14)15)6-3-1-2-4-7(6)11(16)17/h1-4,13-15H,5H2,(H,10,12)/q-1. The van der Waals surface area contributed by atoms with Crippen LogP contribution >= 0.6 is 0 Å². The zero-order valence-corrected chi connectivity index (χ0v) is 8.61. The van der Waals surface area contributed by atoms with Crippen LogP contribution in [0.3, 0.4) is 0 Å². The van der Waals surface area contributed by atoms with Gasteiger partial charge >= 0.3 is 6.75 Å². The highest BCUT2D eigenvalue weighted by Crippen LogP contribution is 2.17. The van der Waals surface area contributed by atoms with E-state index in [2.05, 4.69) is 0 Å². The maximum atomic E-state index is 11.5. The minimum Gasteiger partial charge on any atom is -0.559 e. The molecule has 0 spiro atoms. The first-order chi connectivity index (χ1) is 7.81. The number of rotatable bonds is 4. The molecule has 1 aromatic rings. The number of hydrogen-bond donors (Lipinski definition) is 4. The number of nitro benzene ring substituents is 1. The van der Waals surface area contributed by atoms with Crippen molar-refractivity contribution in [2.24, 2.45) is 0 Å². The average Bonchev–Trinajstić information content (AvgIpc) is 2.25. The van der Waals surface area contributed by atoms with E-state index in [1.807, 2.05) is 5.32 Å². The number of amides is 1. The molecule has 0 aromatic heterocycles. The van der Waals surface area contributed by atoms with Gasteiger partial charge in [0.15, 0.2) is 0 Å². The van der Waals surface area contributed by atoms with Crippen molar-refractivity contribution in [1.82, 2.24) is 5.32 Å². The molecule has 8 nitrogen and oxygen atoms in total. The van der Waals surface area contributed by atoms with Crippen LogP contribution in [0, 0.1) is 10.1 Å². The van der Waals surface area contributed by atoms with Gasteiger partial charge in [-0.25, -0.2) is 0 Å². The molecule has 0 aliphatic rings. The molecule has 0 aliphatic carbocycles. The molecular formula is C8H10BN2O6-. The summed E-state index contributed by atoms with van der Waals surface area (Å²) >= 11 is 0. The lowest BCUT2D eigenvalue weighted by Gasteiger charge is -2.20. The van der Waals surface area contributed by atoms with Crippen LogP contribution in [-0.4, -0.2) is 39.1 Å². The number of benzene rings is 1. The van der Waals surface area contributed by atoms with Crippen molar-refractivity contribution in [3.8, 4) is 0 Å². The number of hydrogen-bond acceptors (Lipinski definition) is 6. The Labute approximate surface area is 95.7 Å². The quantitative estimate of drug-likeness (QED) is 0.296. The summed E-state index contributed by atoms with van der Waals surface area (Å²) in [5, 5.41) is 38.4. The second-order valence-electron chi connectivity index (χ2n) is 3.38. The van der Waals surface area contributed by atoms with Crippen LogP contribution in [0.5, 0.6) is 0 Å². The number of nitrogens with one attached hydrogen (secondary N) is 1. The maximum Gasteiger partial charge on any atom is 0.390 e. The van der Waals surface area contributed by atoms with Crippen LogP contribution in [0.4, 0.5) is 5.69 Å². The Morgan fingerprint density at radius 3 is 2.47 bits per heavy atom. The topological polar surface area (TPSA) is 133 Å².